The van der Waals surface area contributed by atoms with Crippen LogP contribution >= 0.6 is 0 Å². The van der Waals surface area contributed by atoms with Crippen LogP contribution in [0.5, 0.6) is 11.5 Å². The molecule has 1 aliphatic heterocycles. The second-order valence-corrected chi connectivity index (χ2v) is 8.74. The smallest absolute Gasteiger partial charge is 0.231 e. The second kappa shape index (κ2) is 9.15. The zero-order chi connectivity index (χ0) is 21.0. The minimum atomic E-state index is 0.323. The summed E-state index contributed by atoms with van der Waals surface area (Å²) < 4.78 is 13.5. The summed E-state index contributed by atoms with van der Waals surface area (Å²) in [6, 6.07) is 16.9. The molecule has 0 saturated heterocycles. The Morgan fingerprint density at radius 2 is 1.87 bits per heavy atom. The van der Waals surface area contributed by atoms with Gasteiger partial charge in [-0.25, -0.2) is 4.98 Å². The van der Waals surface area contributed by atoms with Gasteiger partial charge < -0.3 is 14.0 Å². The first-order chi connectivity index (χ1) is 15.3. The predicted octanol–water partition coefficient (Wildman–Crippen LogP) is 5.49. The van der Waals surface area contributed by atoms with Crippen LogP contribution < -0.4 is 9.47 Å². The van der Waals surface area contributed by atoms with E-state index in [1.54, 1.807) is 0 Å². The Kier molecular flexibility index (Phi) is 5.94. The van der Waals surface area contributed by atoms with E-state index in [9.17, 15) is 0 Å². The third-order valence-electron chi connectivity index (χ3n) is 6.15. The Balaban J connectivity index is 1.39. The van der Waals surface area contributed by atoms with Gasteiger partial charge in [-0.05, 0) is 42.9 Å². The molecule has 0 radical (unpaired) electrons. The summed E-state index contributed by atoms with van der Waals surface area (Å²) in [6.07, 6.45) is 7.12. The average Bonchev–Trinajstić information content (AvgIpc) is 3.33. The lowest BCUT2D eigenvalue weighted by Crippen LogP contribution is -2.26. The predicted molar refractivity (Wildman–Crippen MR) is 122 cm³/mol. The van der Waals surface area contributed by atoms with Gasteiger partial charge in [0.15, 0.2) is 11.5 Å². The van der Waals surface area contributed by atoms with Crippen LogP contribution in [0, 0.1) is 5.92 Å². The van der Waals surface area contributed by atoms with Crippen molar-refractivity contribution in [1.29, 1.82) is 0 Å². The summed E-state index contributed by atoms with van der Waals surface area (Å²) in [5, 5.41) is 0. The molecule has 1 fully saturated rings. The van der Waals surface area contributed by atoms with Gasteiger partial charge in [-0.2, -0.15) is 0 Å². The highest BCUT2D eigenvalue weighted by Crippen LogP contribution is 2.34. The van der Waals surface area contributed by atoms with Gasteiger partial charge in [-0.1, -0.05) is 49.7 Å². The zero-order valence-electron chi connectivity index (χ0n) is 18.3. The molecule has 1 aromatic heterocycles. The van der Waals surface area contributed by atoms with Crippen molar-refractivity contribution in [2.45, 2.75) is 52.2 Å². The van der Waals surface area contributed by atoms with E-state index in [2.05, 4.69) is 65.1 Å². The molecule has 1 aliphatic carbocycles. The first-order valence-electron chi connectivity index (χ1n) is 11.5. The number of rotatable bonds is 10. The van der Waals surface area contributed by atoms with E-state index in [4.69, 9.17) is 14.5 Å². The normalized spacial score (nSPS) is 15.0. The molecule has 31 heavy (non-hydrogen) atoms. The monoisotopic (exact) mass is 417 g/mol. The molecule has 2 aliphatic rings. The molecule has 5 nitrogen and oxygen atoms in total. The lowest BCUT2D eigenvalue weighted by atomic mass is 10.1. The van der Waals surface area contributed by atoms with Gasteiger partial charge in [0, 0.05) is 31.7 Å². The maximum absolute atomic E-state index is 5.59. The number of aromatic nitrogens is 2. The molecule has 3 aromatic rings. The van der Waals surface area contributed by atoms with Crippen LogP contribution in [0.15, 0.2) is 54.7 Å². The Morgan fingerprint density at radius 3 is 2.68 bits per heavy atom. The van der Waals surface area contributed by atoms with Crippen LogP contribution in [0.25, 0.3) is 11.4 Å². The van der Waals surface area contributed by atoms with Gasteiger partial charge >= 0.3 is 0 Å². The number of unbranched alkanes of at least 4 members (excludes halogenated alkanes) is 1. The molecule has 1 saturated carbocycles. The van der Waals surface area contributed by atoms with Gasteiger partial charge in [0.25, 0.3) is 0 Å². The van der Waals surface area contributed by atoms with E-state index < -0.39 is 0 Å². The molecular formula is C26H31N3O2. The summed E-state index contributed by atoms with van der Waals surface area (Å²) in [5.41, 5.74) is 3.76. The van der Waals surface area contributed by atoms with Gasteiger partial charge in [0.05, 0.1) is 11.9 Å². The van der Waals surface area contributed by atoms with Gasteiger partial charge in [-0.3, -0.25) is 4.90 Å². The quantitative estimate of drug-likeness (QED) is 0.437. The number of imidazole rings is 1. The van der Waals surface area contributed by atoms with Crippen molar-refractivity contribution in [3.8, 4) is 22.9 Å². The lowest BCUT2D eigenvalue weighted by Gasteiger charge is -2.23. The number of fused-ring (bicyclic) bond motifs is 1. The maximum Gasteiger partial charge on any atom is 0.231 e. The Labute approximate surface area is 184 Å². The summed E-state index contributed by atoms with van der Waals surface area (Å²) in [5.74, 6) is 3.62. The van der Waals surface area contributed by atoms with Crippen LogP contribution in [0.3, 0.4) is 0 Å². The standard InChI is InChI=1S/C26H31N3O2/c1-2-3-13-29-23(15-27-26(29)22-7-5-4-6-8-22)18-28(16-20-9-10-20)17-21-11-12-24-25(14-21)31-19-30-24/h4-8,11-12,14-15,20H,2-3,9-10,13,16-19H2,1H3. The summed E-state index contributed by atoms with van der Waals surface area (Å²) in [6.45, 7) is 6.54. The lowest BCUT2D eigenvalue weighted by molar-refractivity contribution is 0.174. The fraction of sp³-hybridized carbons (Fsp3) is 0.423. The molecule has 0 bridgehead atoms. The van der Waals surface area contributed by atoms with Crippen LogP contribution in [0.4, 0.5) is 0 Å². The van der Waals surface area contributed by atoms with Crippen molar-refractivity contribution in [1.82, 2.24) is 14.5 Å². The minimum absolute atomic E-state index is 0.323. The average molecular weight is 418 g/mol. The molecule has 0 N–H and O–H groups in total. The maximum atomic E-state index is 5.59. The van der Waals surface area contributed by atoms with Gasteiger partial charge in [0.1, 0.15) is 5.82 Å². The highest BCUT2D eigenvalue weighted by atomic mass is 16.7. The SMILES string of the molecule is CCCCn1c(CN(Cc2ccc3c(c2)OCO3)CC2CC2)cnc1-c1ccccc1. The number of hydrogen-bond acceptors (Lipinski definition) is 4. The number of hydrogen-bond donors (Lipinski definition) is 0. The van der Waals surface area contributed by atoms with Crippen molar-refractivity contribution in [3.05, 3.63) is 66.0 Å². The molecule has 5 rings (SSSR count). The van der Waals surface area contributed by atoms with Crippen molar-refractivity contribution in [3.63, 3.8) is 0 Å². The summed E-state index contributed by atoms with van der Waals surface area (Å²) in [4.78, 5) is 7.41. The fourth-order valence-electron chi connectivity index (χ4n) is 4.30. The van der Waals surface area contributed by atoms with E-state index in [1.165, 1.54) is 36.1 Å². The highest BCUT2D eigenvalue weighted by Gasteiger charge is 2.26. The van der Waals surface area contributed by atoms with Crippen molar-refractivity contribution in [2.75, 3.05) is 13.3 Å². The van der Waals surface area contributed by atoms with Crippen molar-refractivity contribution < 1.29 is 9.47 Å². The van der Waals surface area contributed by atoms with E-state index in [0.717, 1.165) is 55.8 Å². The topological polar surface area (TPSA) is 39.5 Å². The minimum Gasteiger partial charge on any atom is -0.454 e. The third kappa shape index (κ3) is 4.77. The number of ether oxygens (including phenoxy) is 2. The molecule has 162 valence electrons. The molecule has 0 spiro atoms. The van der Waals surface area contributed by atoms with Crippen LogP contribution in [0.2, 0.25) is 0 Å². The zero-order valence-corrected chi connectivity index (χ0v) is 18.3. The fourth-order valence-corrected chi connectivity index (χ4v) is 4.30. The second-order valence-electron chi connectivity index (χ2n) is 8.74. The van der Waals surface area contributed by atoms with Crippen molar-refractivity contribution >= 4 is 0 Å². The summed E-state index contributed by atoms with van der Waals surface area (Å²) in [7, 11) is 0. The Morgan fingerprint density at radius 1 is 1.03 bits per heavy atom. The van der Waals surface area contributed by atoms with Crippen LogP contribution in [-0.4, -0.2) is 27.8 Å². The molecule has 2 heterocycles. The first-order valence-corrected chi connectivity index (χ1v) is 11.5. The molecule has 0 amide bonds. The third-order valence-corrected chi connectivity index (χ3v) is 6.15. The highest BCUT2D eigenvalue weighted by molar-refractivity contribution is 5.55. The molecule has 5 heteroatoms. The van der Waals surface area contributed by atoms with Crippen molar-refractivity contribution in [2.24, 2.45) is 5.92 Å². The van der Waals surface area contributed by atoms with Crippen LogP contribution in [-0.2, 0) is 19.6 Å². The summed E-state index contributed by atoms with van der Waals surface area (Å²) >= 11 is 0. The van der Waals surface area contributed by atoms with E-state index in [0.29, 0.717) is 6.79 Å². The number of benzene rings is 2. The molecule has 2 aromatic carbocycles. The van der Waals surface area contributed by atoms with E-state index in [-0.39, 0.29) is 0 Å². The Hall–Kier alpha value is -2.79. The van der Waals surface area contributed by atoms with E-state index >= 15 is 0 Å². The number of nitrogens with zero attached hydrogens (tertiary/aromatic N) is 3. The largest absolute Gasteiger partial charge is 0.454 e. The molecule has 0 atom stereocenters. The van der Waals surface area contributed by atoms with Crippen LogP contribution in [0.1, 0.15) is 43.9 Å². The molecular weight excluding hydrogens is 386 g/mol. The van der Waals surface area contributed by atoms with Gasteiger partial charge in [-0.15, -0.1) is 0 Å². The molecule has 0 unspecified atom stereocenters. The van der Waals surface area contributed by atoms with E-state index in [1.807, 2.05) is 6.07 Å². The Bertz CT molecular complexity index is 1010. The first kappa shape index (κ1) is 20.1. The van der Waals surface area contributed by atoms with Gasteiger partial charge in [0.2, 0.25) is 6.79 Å².